The number of carboxylic acids is 1. The Morgan fingerprint density at radius 1 is 1.06 bits per heavy atom. The first kappa shape index (κ1) is 13.5. The number of rotatable bonds is 5. The summed E-state index contributed by atoms with van der Waals surface area (Å²) in [5, 5.41) is 6.98. The molecule has 0 unspecified atom stereocenters. The number of amides is 2. The second-order valence-electron chi connectivity index (χ2n) is 6.74. The van der Waals surface area contributed by atoms with Gasteiger partial charge in [-0.15, -0.1) is 11.8 Å². The number of hydrogen-bond acceptors (Lipinski definition) is 4. The van der Waals surface area contributed by atoms with Gasteiger partial charge in [-0.2, -0.15) is 0 Å². The maximum Gasteiger partial charge on any atom is 0.305 e. The van der Waals surface area contributed by atoms with Gasteiger partial charge < -0.3 is 10.8 Å². The van der Waals surface area contributed by atoms with E-state index in [2.05, 4.69) is 11.8 Å². The van der Waals surface area contributed by atoms with Gasteiger partial charge in [0.2, 0.25) is 11.8 Å². The number of aliphatic carboxylic acids is 1. The average molecular weight is 466 g/mol. The van der Waals surface area contributed by atoms with Crippen LogP contribution < -0.4 is 10.6 Å². The van der Waals surface area contributed by atoms with E-state index in [0.29, 0.717) is 0 Å². The summed E-state index contributed by atoms with van der Waals surface area (Å²) in [6.07, 6.45) is -0.588. The van der Waals surface area contributed by atoms with Crippen LogP contribution in [0.2, 0.25) is 0 Å². The van der Waals surface area contributed by atoms with Crippen molar-refractivity contribution in [1.29, 1.82) is 0 Å². The number of carbonyl (C=O) groups is 3. The Labute approximate surface area is 208 Å². The predicted octanol–water partition coefficient (Wildman–Crippen LogP) is 3.81. The molecule has 1 aliphatic heterocycles. The van der Waals surface area contributed by atoms with Crippen molar-refractivity contribution in [3.05, 3.63) is 101 Å². The molecule has 4 rings (SSSR count). The molecular formula is C26H20N2O4S. The van der Waals surface area contributed by atoms with Crippen LogP contribution in [0, 0.1) is 11.8 Å². The van der Waals surface area contributed by atoms with Crippen molar-refractivity contribution in [2.45, 2.75) is 17.0 Å². The van der Waals surface area contributed by atoms with Crippen LogP contribution in [0.15, 0.2) is 78.6 Å². The fourth-order valence-electron chi connectivity index (χ4n) is 3.05. The van der Waals surface area contributed by atoms with Gasteiger partial charge >= 0.3 is 5.97 Å². The van der Waals surface area contributed by atoms with Gasteiger partial charge in [0.05, 0.1) is 24.0 Å². The molecule has 7 heteroatoms. The zero-order chi connectivity index (χ0) is 31.2. The summed E-state index contributed by atoms with van der Waals surface area (Å²) in [6, 6.07) is 0.118. The molecule has 1 saturated heterocycles. The van der Waals surface area contributed by atoms with Gasteiger partial charge in [0.1, 0.15) is 5.37 Å². The van der Waals surface area contributed by atoms with Crippen LogP contribution in [0.25, 0.3) is 0 Å². The van der Waals surface area contributed by atoms with Crippen LogP contribution in [0.3, 0.4) is 0 Å². The molecule has 1 fully saturated rings. The van der Waals surface area contributed by atoms with Gasteiger partial charge in [0.15, 0.2) is 0 Å². The number of nitrogens with two attached hydrogens (primary N) is 1. The number of thioether (sulfide) groups is 1. The molecule has 3 aromatic carbocycles. The van der Waals surface area contributed by atoms with E-state index >= 15 is 0 Å². The highest BCUT2D eigenvalue weighted by molar-refractivity contribution is 8.01. The van der Waals surface area contributed by atoms with Crippen LogP contribution in [-0.2, 0) is 9.59 Å². The Morgan fingerprint density at radius 2 is 1.73 bits per heavy atom. The second kappa shape index (κ2) is 9.63. The Bertz CT molecular complexity index is 1700. The SMILES string of the molecule is [2H]c1c([2H])c([2H])c(C#Cc2c([2H])c([2H])c([C@@H]3S[C@H](CC(=O)O)C(=O)N3c3cccc(C(N)=O)c3)c([2H])c2[2H])c([2H])c1[2H]. The lowest BCUT2D eigenvalue weighted by Crippen LogP contribution is -2.32. The molecule has 164 valence electrons. The van der Waals surface area contributed by atoms with Crippen LogP contribution in [0.5, 0.6) is 0 Å². The number of benzene rings is 3. The van der Waals surface area contributed by atoms with Crippen molar-refractivity contribution in [3.8, 4) is 11.8 Å². The molecule has 0 saturated carbocycles. The van der Waals surface area contributed by atoms with Gasteiger partial charge in [-0.3, -0.25) is 19.3 Å². The highest BCUT2D eigenvalue weighted by Gasteiger charge is 2.42. The number of carboxylic acid groups (broad SMARTS) is 1. The second-order valence-corrected chi connectivity index (χ2v) is 8.02. The largest absolute Gasteiger partial charge is 0.481 e. The smallest absolute Gasteiger partial charge is 0.305 e. The summed E-state index contributed by atoms with van der Waals surface area (Å²) in [5.41, 5.74) is 4.49. The molecule has 3 N–H and O–H groups in total. The first-order valence-electron chi connectivity index (χ1n) is 14.0. The van der Waals surface area contributed by atoms with E-state index in [0.717, 1.165) is 16.7 Å². The van der Waals surface area contributed by atoms with E-state index in [4.69, 9.17) is 18.1 Å². The highest BCUT2D eigenvalue weighted by Crippen LogP contribution is 2.46. The minimum Gasteiger partial charge on any atom is -0.481 e. The average Bonchev–Trinajstić information content (AvgIpc) is 3.25. The third kappa shape index (κ3) is 5.08. The normalized spacial score (nSPS) is 21.2. The number of hydrogen-bond donors (Lipinski definition) is 2. The fraction of sp³-hybridized carbons (Fsp3) is 0.115. The zero-order valence-corrected chi connectivity index (χ0v) is 17.6. The fourth-order valence-corrected chi connectivity index (χ4v) is 4.44. The summed E-state index contributed by atoms with van der Waals surface area (Å²) in [5.74, 6) is 2.05. The Hall–Kier alpha value is -4.02. The molecule has 0 aromatic heterocycles. The molecule has 6 nitrogen and oxygen atoms in total. The molecule has 0 spiro atoms. The van der Waals surface area contributed by atoms with Gasteiger partial charge in [0.25, 0.3) is 0 Å². The molecule has 2 atom stereocenters. The monoisotopic (exact) mass is 465 g/mol. The summed E-state index contributed by atoms with van der Waals surface area (Å²) >= 11 is 0.815. The minimum absolute atomic E-state index is 0.0450. The maximum atomic E-state index is 13.4. The predicted molar refractivity (Wildman–Crippen MR) is 128 cm³/mol. The van der Waals surface area contributed by atoms with E-state index in [9.17, 15) is 19.5 Å². The van der Waals surface area contributed by atoms with E-state index in [1.807, 2.05) is 0 Å². The van der Waals surface area contributed by atoms with Gasteiger partial charge in [0, 0.05) is 22.4 Å². The standard InChI is InChI=1S/C26H20N2O4S/c27-24(31)20-7-4-8-21(15-20)28-25(32)22(16-23(29)30)33-26(28)19-13-11-18(12-14-19)10-9-17-5-2-1-3-6-17/h1-8,11-15,22,26H,16H2,(H2,27,31)(H,29,30)/t22-,26+/m1/s1/i1D,2D,3D,5D,6D,11D,12D,13D,14D. The number of nitrogens with zero attached hydrogens (tertiary/aromatic N) is 1. The molecule has 1 aliphatic rings. The lowest BCUT2D eigenvalue weighted by Gasteiger charge is -2.24. The van der Waals surface area contributed by atoms with Crippen molar-refractivity contribution in [2.24, 2.45) is 5.73 Å². The van der Waals surface area contributed by atoms with Crippen LogP contribution in [0.4, 0.5) is 5.69 Å². The van der Waals surface area contributed by atoms with E-state index in [1.54, 1.807) is 0 Å². The molecule has 2 amide bonds. The third-order valence-electron chi connectivity index (χ3n) is 4.51. The third-order valence-corrected chi connectivity index (χ3v) is 5.91. The van der Waals surface area contributed by atoms with Crippen molar-refractivity contribution in [3.63, 3.8) is 0 Å². The highest BCUT2D eigenvalue weighted by atomic mass is 32.2. The molecule has 0 bridgehead atoms. The number of primary amides is 1. The Kier molecular flexibility index (Phi) is 3.94. The van der Waals surface area contributed by atoms with Gasteiger partial charge in [-0.05, 0) is 47.9 Å². The molecular weight excluding hydrogens is 436 g/mol. The molecule has 0 aliphatic carbocycles. The minimum atomic E-state index is -1.27. The molecule has 33 heavy (non-hydrogen) atoms. The topological polar surface area (TPSA) is 101 Å². The quantitative estimate of drug-likeness (QED) is 0.558. The zero-order valence-electron chi connectivity index (χ0n) is 25.8. The molecule has 0 radical (unpaired) electrons. The van der Waals surface area contributed by atoms with Crippen molar-refractivity contribution in [2.75, 3.05) is 4.90 Å². The van der Waals surface area contributed by atoms with E-state index < -0.39 is 100 Å². The molecule has 1 heterocycles. The summed E-state index contributed by atoms with van der Waals surface area (Å²) < 4.78 is 73.8. The van der Waals surface area contributed by atoms with Crippen LogP contribution in [0.1, 0.15) is 51.2 Å². The number of carbonyl (C=O) groups excluding carboxylic acids is 2. The lowest BCUT2D eigenvalue weighted by atomic mass is 10.1. The maximum absolute atomic E-state index is 13.4. The van der Waals surface area contributed by atoms with Crippen LogP contribution >= 0.6 is 11.8 Å². The van der Waals surface area contributed by atoms with Crippen molar-refractivity contribution in [1.82, 2.24) is 0 Å². The van der Waals surface area contributed by atoms with Crippen LogP contribution in [-0.4, -0.2) is 28.1 Å². The Morgan fingerprint density at radius 3 is 2.36 bits per heavy atom. The molecule has 3 aromatic rings. The summed E-state index contributed by atoms with van der Waals surface area (Å²) in [7, 11) is 0. The summed E-state index contributed by atoms with van der Waals surface area (Å²) in [4.78, 5) is 37.7. The Balaban J connectivity index is 1.89. The van der Waals surface area contributed by atoms with Gasteiger partial charge in [-0.1, -0.05) is 48.1 Å². The lowest BCUT2D eigenvalue weighted by molar-refractivity contribution is -0.138. The van der Waals surface area contributed by atoms with E-state index in [-0.39, 0.29) is 16.8 Å². The first-order valence-corrected chi connectivity index (χ1v) is 10.4. The van der Waals surface area contributed by atoms with Crippen molar-refractivity contribution < 1.29 is 31.8 Å². The van der Waals surface area contributed by atoms with Gasteiger partial charge in [-0.25, -0.2) is 0 Å². The van der Waals surface area contributed by atoms with E-state index in [1.165, 1.54) is 24.3 Å². The van der Waals surface area contributed by atoms with Crippen molar-refractivity contribution >= 4 is 35.2 Å². The summed E-state index contributed by atoms with van der Waals surface area (Å²) in [6.45, 7) is 0. The first-order chi connectivity index (χ1) is 19.7. The number of anilines is 1.